The van der Waals surface area contributed by atoms with Gasteiger partial charge in [0.2, 0.25) is 9.84 Å². The Balaban J connectivity index is 1.61. The van der Waals surface area contributed by atoms with Gasteiger partial charge < -0.3 is 9.80 Å². The van der Waals surface area contributed by atoms with E-state index < -0.39 is 9.84 Å². The zero-order valence-corrected chi connectivity index (χ0v) is 19.1. The third kappa shape index (κ3) is 3.15. The van der Waals surface area contributed by atoms with Crippen LogP contribution in [-0.2, 0) is 9.84 Å². The second-order valence-corrected chi connectivity index (χ2v) is 11.5. The zero-order chi connectivity index (χ0) is 21.0. The highest BCUT2D eigenvalue weighted by molar-refractivity contribution is 7.91. The van der Waals surface area contributed by atoms with Crippen molar-refractivity contribution >= 4 is 43.6 Å². The molecule has 8 heteroatoms. The highest BCUT2D eigenvalue weighted by Gasteiger charge is 2.43. The van der Waals surface area contributed by atoms with Crippen LogP contribution >= 0.6 is 22.9 Å². The molecule has 3 heterocycles. The van der Waals surface area contributed by atoms with Crippen LogP contribution in [0.5, 0.6) is 0 Å². The van der Waals surface area contributed by atoms with E-state index in [9.17, 15) is 8.42 Å². The second kappa shape index (κ2) is 7.34. The van der Waals surface area contributed by atoms with Gasteiger partial charge in [-0.1, -0.05) is 58.8 Å². The summed E-state index contributed by atoms with van der Waals surface area (Å²) in [7, 11) is -1.62. The van der Waals surface area contributed by atoms with Crippen LogP contribution in [0.3, 0.4) is 0 Å². The van der Waals surface area contributed by atoms with Crippen molar-refractivity contribution in [1.82, 2.24) is 9.88 Å². The lowest BCUT2D eigenvalue weighted by molar-refractivity contribution is 0.236. The zero-order valence-electron chi connectivity index (χ0n) is 16.7. The molecule has 2 aliphatic rings. The van der Waals surface area contributed by atoms with Crippen LogP contribution in [0.25, 0.3) is 0 Å². The summed E-state index contributed by atoms with van der Waals surface area (Å²) >= 11 is 7.70. The molecular formula is C22H22ClN3O2S2. The van der Waals surface area contributed by atoms with Crippen LogP contribution in [0, 0.1) is 6.92 Å². The van der Waals surface area contributed by atoms with Gasteiger partial charge in [-0.3, -0.25) is 0 Å². The first-order valence-electron chi connectivity index (χ1n) is 9.91. The molecule has 0 N–H and O–H groups in total. The Labute approximate surface area is 185 Å². The molecule has 2 aromatic carbocycles. The SMILES string of the molecule is Cc1ccc2c(c1)[C@H]1CN(C)CC[C@@H]1N2c1nc(S(=O)(=O)c2ccccc2)c(Cl)s1. The van der Waals surface area contributed by atoms with Crippen molar-refractivity contribution in [2.24, 2.45) is 0 Å². The van der Waals surface area contributed by atoms with Gasteiger partial charge in [0.1, 0.15) is 4.34 Å². The topological polar surface area (TPSA) is 53.5 Å². The molecule has 3 aromatic rings. The number of fused-ring (bicyclic) bond motifs is 3. The van der Waals surface area contributed by atoms with Crippen molar-refractivity contribution < 1.29 is 8.42 Å². The van der Waals surface area contributed by atoms with E-state index in [0.717, 1.165) is 25.2 Å². The first-order valence-corrected chi connectivity index (χ1v) is 12.6. The van der Waals surface area contributed by atoms with E-state index in [4.69, 9.17) is 11.6 Å². The third-order valence-corrected chi connectivity index (χ3v) is 9.21. The lowest BCUT2D eigenvalue weighted by Gasteiger charge is -2.36. The van der Waals surface area contributed by atoms with Crippen LogP contribution < -0.4 is 4.90 Å². The molecule has 156 valence electrons. The Kier molecular flexibility index (Phi) is 4.89. The number of thiazole rings is 1. The van der Waals surface area contributed by atoms with Gasteiger partial charge >= 0.3 is 0 Å². The van der Waals surface area contributed by atoms with E-state index in [0.29, 0.717) is 11.0 Å². The first-order chi connectivity index (χ1) is 14.4. The van der Waals surface area contributed by atoms with E-state index >= 15 is 0 Å². The molecule has 2 atom stereocenters. The Bertz CT molecular complexity index is 1210. The Hall–Kier alpha value is -1.93. The molecular weight excluding hydrogens is 438 g/mol. The maximum atomic E-state index is 13.1. The number of piperidine rings is 1. The number of nitrogens with zero attached hydrogens (tertiary/aromatic N) is 3. The number of likely N-dealkylation sites (tertiary alicyclic amines) is 1. The van der Waals surface area contributed by atoms with Crippen molar-refractivity contribution in [2.45, 2.75) is 35.2 Å². The number of hydrogen-bond acceptors (Lipinski definition) is 6. The van der Waals surface area contributed by atoms with Gasteiger partial charge in [-0.25, -0.2) is 13.4 Å². The third-order valence-electron chi connectivity index (χ3n) is 6.01. The molecule has 1 fully saturated rings. The van der Waals surface area contributed by atoms with Crippen molar-refractivity contribution in [3.8, 4) is 0 Å². The molecule has 1 saturated heterocycles. The van der Waals surface area contributed by atoms with E-state index in [-0.39, 0.29) is 20.3 Å². The number of rotatable bonds is 3. The van der Waals surface area contributed by atoms with Gasteiger partial charge in [-0.2, -0.15) is 0 Å². The predicted octanol–water partition coefficient (Wildman–Crippen LogP) is 4.88. The van der Waals surface area contributed by atoms with Crippen molar-refractivity contribution in [2.75, 3.05) is 25.0 Å². The molecule has 0 radical (unpaired) electrons. The van der Waals surface area contributed by atoms with E-state index in [1.807, 2.05) is 0 Å². The number of hydrogen-bond donors (Lipinski definition) is 0. The fourth-order valence-corrected chi connectivity index (χ4v) is 7.57. The number of halogens is 1. The number of anilines is 2. The Morgan fingerprint density at radius 2 is 1.93 bits per heavy atom. The Morgan fingerprint density at radius 3 is 2.70 bits per heavy atom. The lowest BCUT2D eigenvalue weighted by Crippen LogP contribution is -2.43. The van der Waals surface area contributed by atoms with Crippen LogP contribution in [0.15, 0.2) is 58.5 Å². The summed E-state index contributed by atoms with van der Waals surface area (Å²) in [5, 5.41) is 0.595. The summed E-state index contributed by atoms with van der Waals surface area (Å²) in [5.74, 6) is 0.371. The molecule has 5 rings (SSSR count). The summed E-state index contributed by atoms with van der Waals surface area (Å²) in [6.45, 7) is 4.08. The molecule has 0 bridgehead atoms. The minimum Gasteiger partial charge on any atom is -0.314 e. The number of aryl methyl sites for hydroxylation is 1. The number of sulfone groups is 1. The molecule has 0 spiro atoms. The summed E-state index contributed by atoms with van der Waals surface area (Å²) in [4.78, 5) is 9.36. The highest BCUT2D eigenvalue weighted by Crippen LogP contribution is 2.50. The smallest absolute Gasteiger partial charge is 0.226 e. The van der Waals surface area contributed by atoms with Crippen molar-refractivity contribution in [3.63, 3.8) is 0 Å². The average Bonchev–Trinajstić information content (AvgIpc) is 3.26. The summed E-state index contributed by atoms with van der Waals surface area (Å²) in [6.07, 6.45) is 0.993. The number of likely N-dealkylation sites (N-methyl/N-ethyl adjacent to an activating group) is 1. The minimum absolute atomic E-state index is 0.0552. The average molecular weight is 460 g/mol. The summed E-state index contributed by atoms with van der Waals surface area (Å²) in [5.41, 5.74) is 3.65. The van der Waals surface area contributed by atoms with Gasteiger partial charge in [-0.15, -0.1) is 0 Å². The van der Waals surface area contributed by atoms with E-state index in [1.54, 1.807) is 30.3 Å². The molecule has 0 unspecified atom stereocenters. The first kappa shape index (κ1) is 20.0. The summed E-state index contributed by atoms with van der Waals surface area (Å²) in [6, 6.07) is 15.1. The van der Waals surface area contributed by atoms with E-state index in [1.165, 1.54) is 22.5 Å². The van der Waals surface area contributed by atoms with Gasteiger partial charge in [0, 0.05) is 24.2 Å². The van der Waals surface area contributed by atoms with Crippen molar-refractivity contribution in [3.05, 3.63) is 64.0 Å². The fraction of sp³-hybridized carbons (Fsp3) is 0.318. The number of aromatic nitrogens is 1. The molecule has 2 aliphatic heterocycles. The second-order valence-electron chi connectivity index (χ2n) is 8.05. The van der Waals surface area contributed by atoms with Crippen LogP contribution in [0.2, 0.25) is 4.34 Å². The maximum Gasteiger partial charge on any atom is 0.226 e. The van der Waals surface area contributed by atoms with Crippen LogP contribution in [0.4, 0.5) is 10.8 Å². The monoisotopic (exact) mass is 459 g/mol. The highest BCUT2D eigenvalue weighted by atomic mass is 35.5. The van der Waals surface area contributed by atoms with Crippen LogP contribution in [0.1, 0.15) is 23.5 Å². The van der Waals surface area contributed by atoms with Crippen molar-refractivity contribution in [1.29, 1.82) is 0 Å². The standard InChI is InChI=1S/C22H22ClN3O2S2/c1-14-8-9-18-16(12-14)17-13-25(2)11-10-19(17)26(18)22-24-21(20(23)29-22)30(27,28)15-6-4-3-5-7-15/h3-9,12,17,19H,10-11,13H2,1-2H3/t17-,19+/m1/s1. The molecule has 1 aromatic heterocycles. The summed E-state index contributed by atoms with van der Waals surface area (Å²) < 4.78 is 26.5. The largest absolute Gasteiger partial charge is 0.314 e. The predicted molar refractivity (Wildman–Crippen MR) is 121 cm³/mol. The minimum atomic E-state index is -3.77. The van der Waals surface area contributed by atoms with Gasteiger partial charge in [0.15, 0.2) is 10.2 Å². The maximum absolute atomic E-state index is 13.1. The van der Waals surface area contributed by atoms with Gasteiger partial charge in [0.25, 0.3) is 0 Å². The quantitative estimate of drug-likeness (QED) is 0.558. The molecule has 0 amide bonds. The van der Waals surface area contributed by atoms with Gasteiger partial charge in [0.05, 0.1) is 4.90 Å². The normalized spacial score (nSPS) is 21.5. The lowest BCUT2D eigenvalue weighted by atomic mass is 9.89. The van der Waals surface area contributed by atoms with Gasteiger partial charge in [-0.05, 0) is 50.7 Å². The molecule has 0 saturated carbocycles. The number of benzene rings is 2. The molecule has 0 aliphatic carbocycles. The molecule has 5 nitrogen and oxygen atoms in total. The van der Waals surface area contributed by atoms with E-state index in [2.05, 4.69) is 47.0 Å². The Morgan fingerprint density at radius 1 is 1.17 bits per heavy atom. The molecule has 30 heavy (non-hydrogen) atoms. The van der Waals surface area contributed by atoms with Crippen LogP contribution in [-0.4, -0.2) is 44.5 Å². The fourth-order valence-electron chi connectivity index (χ4n) is 4.59.